The molecule has 2 unspecified atom stereocenters. The van der Waals surface area contributed by atoms with E-state index >= 15 is 0 Å². The van der Waals surface area contributed by atoms with Crippen molar-refractivity contribution in [2.24, 2.45) is 5.92 Å². The van der Waals surface area contributed by atoms with Crippen LogP contribution in [0.25, 0.3) is 11.0 Å². The molecule has 4 nitrogen and oxygen atoms in total. The predicted molar refractivity (Wildman–Crippen MR) is 93.8 cm³/mol. The molecule has 23 heavy (non-hydrogen) atoms. The van der Waals surface area contributed by atoms with Crippen molar-refractivity contribution in [3.05, 3.63) is 54.1 Å². The molecule has 1 aromatic heterocycles. The molecule has 0 aliphatic carbocycles. The van der Waals surface area contributed by atoms with Crippen molar-refractivity contribution < 1.29 is 0 Å². The second-order valence-corrected chi connectivity index (χ2v) is 6.46. The number of para-hydroxylation sites is 2. The molecule has 2 atom stereocenters. The van der Waals surface area contributed by atoms with E-state index in [1.807, 2.05) is 12.1 Å². The topological polar surface area (TPSA) is 34.0 Å². The van der Waals surface area contributed by atoms with E-state index in [2.05, 4.69) is 70.3 Å². The SMILES string of the molecule is CCCC1CN(C)c2ccccc2C1n1nnc2ccccc21. The number of hydrogen-bond donors (Lipinski definition) is 0. The first-order chi connectivity index (χ1) is 11.3. The number of nitrogens with zero attached hydrogens (tertiary/aromatic N) is 4. The standard InChI is InChI=1S/C19H22N4/c1-3-8-14-13-22(2)17-11-6-4-9-15(17)19(14)23-18-12-7-5-10-16(18)20-21-23/h4-7,9-12,14,19H,3,8,13H2,1-2H3. The van der Waals surface area contributed by atoms with E-state index in [0.717, 1.165) is 17.6 Å². The maximum Gasteiger partial charge on any atom is 0.113 e. The average Bonchev–Trinajstić information content (AvgIpc) is 2.99. The molecule has 0 radical (unpaired) electrons. The predicted octanol–water partition coefficient (Wildman–Crippen LogP) is 3.89. The van der Waals surface area contributed by atoms with Gasteiger partial charge in [0.15, 0.2) is 0 Å². The summed E-state index contributed by atoms with van der Waals surface area (Å²) in [7, 11) is 2.19. The number of anilines is 1. The van der Waals surface area contributed by atoms with Crippen LogP contribution in [0.2, 0.25) is 0 Å². The first-order valence-corrected chi connectivity index (χ1v) is 8.39. The molecule has 0 bridgehead atoms. The van der Waals surface area contributed by atoms with E-state index in [0.29, 0.717) is 5.92 Å². The molecule has 118 valence electrons. The summed E-state index contributed by atoms with van der Waals surface area (Å²) in [5, 5.41) is 8.90. The third-order valence-electron chi connectivity index (χ3n) is 4.92. The molecular weight excluding hydrogens is 284 g/mol. The molecule has 0 fully saturated rings. The third-order valence-corrected chi connectivity index (χ3v) is 4.92. The van der Waals surface area contributed by atoms with Gasteiger partial charge < -0.3 is 4.90 Å². The fourth-order valence-electron chi connectivity index (χ4n) is 3.93. The number of fused-ring (bicyclic) bond motifs is 2. The van der Waals surface area contributed by atoms with E-state index in [-0.39, 0.29) is 6.04 Å². The number of benzene rings is 2. The molecule has 4 rings (SSSR count). The van der Waals surface area contributed by atoms with Crippen molar-refractivity contribution in [3.8, 4) is 0 Å². The summed E-state index contributed by atoms with van der Waals surface area (Å²) < 4.78 is 2.14. The minimum absolute atomic E-state index is 0.259. The normalized spacial score (nSPS) is 20.7. The van der Waals surface area contributed by atoms with Crippen LogP contribution in [-0.2, 0) is 0 Å². The Morgan fingerprint density at radius 2 is 1.87 bits per heavy atom. The first-order valence-electron chi connectivity index (χ1n) is 8.39. The minimum atomic E-state index is 0.259. The van der Waals surface area contributed by atoms with Crippen LogP contribution in [0.3, 0.4) is 0 Å². The molecule has 3 aromatic rings. The van der Waals surface area contributed by atoms with Gasteiger partial charge in [-0.3, -0.25) is 0 Å². The van der Waals surface area contributed by atoms with Gasteiger partial charge in [0, 0.05) is 30.8 Å². The van der Waals surface area contributed by atoms with Gasteiger partial charge >= 0.3 is 0 Å². The first kappa shape index (κ1) is 14.2. The highest BCUT2D eigenvalue weighted by Gasteiger charge is 2.34. The summed E-state index contributed by atoms with van der Waals surface area (Å²) in [5.74, 6) is 0.546. The lowest BCUT2D eigenvalue weighted by Crippen LogP contribution is -2.38. The van der Waals surface area contributed by atoms with Crippen molar-refractivity contribution in [1.82, 2.24) is 15.0 Å². The van der Waals surface area contributed by atoms with E-state index in [9.17, 15) is 0 Å². The zero-order chi connectivity index (χ0) is 15.8. The zero-order valence-corrected chi connectivity index (χ0v) is 13.7. The quantitative estimate of drug-likeness (QED) is 0.736. The molecule has 0 saturated carbocycles. The molecule has 1 aliphatic heterocycles. The molecule has 2 aromatic carbocycles. The Balaban J connectivity index is 1.90. The maximum atomic E-state index is 4.52. The van der Waals surface area contributed by atoms with Gasteiger partial charge in [-0.15, -0.1) is 5.10 Å². The van der Waals surface area contributed by atoms with Crippen LogP contribution in [0, 0.1) is 5.92 Å². The van der Waals surface area contributed by atoms with Crippen LogP contribution >= 0.6 is 0 Å². The van der Waals surface area contributed by atoms with Crippen LogP contribution in [-0.4, -0.2) is 28.6 Å². The summed E-state index contributed by atoms with van der Waals surface area (Å²) >= 11 is 0. The Kier molecular flexibility index (Phi) is 3.52. The summed E-state index contributed by atoms with van der Waals surface area (Å²) in [6.45, 7) is 3.32. The summed E-state index contributed by atoms with van der Waals surface area (Å²) in [6, 6.07) is 17.2. The second kappa shape index (κ2) is 5.69. The largest absolute Gasteiger partial charge is 0.374 e. The van der Waals surface area contributed by atoms with Crippen molar-refractivity contribution in [2.75, 3.05) is 18.5 Å². The van der Waals surface area contributed by atoms with Crippen molar-refractivity contribution in [3.63, 3.8) is 0 Å². The van der Waals surface area contributed by atoms with Crippen molar-refractivity contribution in [1.29, 1.82) is 0 Å². The van der Waals surface area contributed by atoms with E-state index in [4.69, 9.17) is 0 Å². The van der Waals surface area contributed by atoms with Gasteiger partial charge in [0.2, 0.25) is 0 Å². The summed E-state index contributed by atoms with van der Waals surface area (Å²) in [6.07, 6.45) is 2.38. The molecule has 1 aliphatic rings. The maximum absolute atomic E-state index is 4.52. The Morgan fingerprint density at radius 3 is 2.74 bits per heavy atom. The van der Waals surface area contributed by atoms with E-state index in [1.54, 1.807) is 0 Å². The van der Waals surface area contributed by atoms with Gasteiger partial charge in [-0.2, -0.15) is 0 Å². The fourth-order valence-corrected chi connectivity index (χ4v) is 3.93. The van der Waals surface area contributed by atoms with Gasteiger partial charge in [-0.1, -0.05) is 48.9 Å². The van der Waals surface area contributed by atoms with Gasteiger partial charge in [0.05, 0.1) is 11.6 Å². The highest BCUT2D eigenvalue weighted by atomic mass is 15.4. The summed E-state index contributed by atoms with van der Waals surface area (Å²) in [5.41, 5.74) is 4.76. The molecule has 0 amide bonds. The Morgan fingerprint density at radius 1 is 1.09 bits per heavy atom. The highest BCUT2D eigenvalue weighted by molar-refractivity contribution is 5.74. The van der Waals surface area contributed by atoms with E-state index < -0.39 is 0 Å². The molecule has 0 saturated heterocycles. The summed E-state index contributed by atoms with van der Waals surface area (Å²) in [4.78, 5) is 2.38. The second-order valence-electron chi connectivity index (χ2n) is 6.46. The van der Waals surface area contributed by atoms with Gasteiger partial charge in [0.25, 0.3) is 0 Å². The molecule has 4 heteroatoms. The average molecular weight is 306 g/mol. The monoisotopic (exact) mass is 306 g/mol. The number of aromatic nitrogens is 3. The zero-order valence-electron chi connectivity index (χ0n) is 13.7. The van der Waals surface area contributed by atoms with E-state index in [1.165, 1.54) is 24.1 Å². The van der Waals surface area contributed by atoms with Crippen molar-refractivity contribution in [2.45, 2.75) is 25.8 Å². The lowest BCUT2D eigenvalue weighted by Gasteiger charge is -2.39. The van der Waals surface area contributed by atoms with Crippen LogP contribution in [0.5, 0.6) is 0 Å². The Hall–Kier alpha value is -2.36. The van der Waals surface area contributed by atoms with Crippen LogP contribution in [0.15, 0.2) is 48.5 Å². The van der Waals surface area contributed by atoms with Crippen LogP contribution in [0.1, 0.15) is 31.4 Å². The fraction of sp³-hybridized carbons (Fsp3) is 0.368. The van der Waals surface area contributed by atoms with Crippen LogP contribution in [0.4, 0.5) is 5.69 Å². The lowest BCUT2D eigenvalue weighted by atomic mass is 9.84. The Bertz CT molecular complexity index is 823. The van der Waals surface area contributed by atoms with Crippen LogP contribution < -0.4 is 4.90 Å². The minimum Gasteiger partial charge on any atom is -0.374 e. The molecule has 0 spiro atoms. The molecule has 2 heterocycles. The van der Waals surface area contributed by atoms with Gasteiger partial charge in [-0.05, 0) is 24.6 Å². The number of rotatable bonds is 3. The smallest absolute Gasteiger partial charge is 0.113 e. The third kappa shape index (κ3) is 2.29. The lowest BCUT2D eigenvalue weighted by molar-refractivity contribution is 0.323. The van der Waals surface area contributed by atoms with Crippen molar-refractivity contribution >= 4 is 16.7 Å². The molecule has 0 N–H and O–H groups in total. The molecular formula is C19H22N4. The Labute approximate surface area is 136 Å². The van der Waals surface area contributed by atoms with Gasteiger partial charge in [-0.25, -0.2) is 4.68 Å². The highest BCUT2D eigenvalue weighted by Crippen LogP contribution is 2.41. The number of hydrogen-bond acceptors (Lipinski definition) is 3. The van der Waals surface area contributed by atoms with Gasteiger partial charge in [0.1, 0.15) is 5.52 Å².